The smallest absolute Gasteiger partial charge is 0.124 e. The van der Waals surface area contributed by atoms with E-state index in [2.05, 4.69) is 55.4 Å². The van der Waals surface area contributed by atoms with Gasteiger partial charge in [-0.15, -0.1) is 0 Å². The molecular formula is C18H30N2O. The summed E-state index contributed by atoms with van der Waals surface area (Å²) in [6.45, 7) is 7.27. The van der Waals surface area contributed by atoms with Crippen LogP contribution in [0.1, 0.15) is 51.1 Å². The average molecular weight is 290 g/mol. The maximum atomic E-state index is 6.07. The molecule has 0 spiro atoms. The zero-order valence-corrected chi connectivity index (χ0v) is 13.8. The van der Waals surface area contributed by atoms with E-state index < -0.39 is 0 Å². The van der Waals surface area contributed by atoms with Gasteiger partial charge in [-0.2, -0.15) is 0 Å². The lowest BCUT2D eigenvalue weighted by Crippen LogP contribution is -2.27. The van der Waals surface area contributed by atoms with E-state index in [1.165, 1.54) is 18.4 Å². The Labute approximate surface area is 129 Å². The van der Waals surface area contributed by atoms with E-state index in [4.69, 9.17) is 4.74 Å². The highest BCUT2D eigenvalue weighted by Gasteiger charge is 2.25. The summed E-state index contributed by atoms with van der Waals surface area (Å²) >= 11 is 0. The van der Waals surface area contributed by atoms with Crippen LogP contribution in [-0.4, -0.2) is 37.7 Å². The lowest BCUT2D eigenvalue weighted by Gasteiger charge is -2.21. The Bertz CT molecular complexity index is 417. The van der Waals surface area contributed by atoms with E-state index in [9.17, 15) is 0 Å². The lowest BCUT2D eigenvalue weighted by atomic mass is 10.0. The minimum absolute atomic E-state index is 0.391. The first-order valence-corrected chi connectivity index (χ1v) is 8.41. The molecule has 3 heteroatoms. The molecule has 0 heterocycles. The second-order valence-corrected chi connectivity index (χ2v) is 6.01. The van der Waals surface area contributed by atoms with Crippen LogP contribution < -0.4 is 10.1 Å². The molecule has 1 saturated carbocycles. The molecule has 1 aromatic carbocycles. The van der Waals surface area contributed by atoms with Gasteiger partial charge in [0.2, 0.25) is 0 Å². The number of hydrogen-bond donors (Lipinski definition) is 1. The van der Waals surface area contributed by atoms with Crippen molar-refractivity contribution in [2.45, 2.75) is 51.6 Å². The summed E-state index contributed by atoms with van der Waals surface area (Å²) in [4.78, 5) is 2.41. The van der Waals surface area contributed by atoms with Crippen LogP contribution in [0.4, 0.5) is 0 Å². The van der Waals surface area contributed by atoms with E-state index >= 15 is 0 Å². The highest BCUT2D eigenvalue weighted by molar-refractivity contribution is 5.36. The van der Waals surface area contributed by atoms with E-state index in [-0.39, 0.29) is 0 Å². The first kappa shape index (κ1) is 16.3. The van der Waals surface area contributed by atoms with Crippen molar-refractivity contribution < 1.29 is 4.74 Å². The van der Waals surface area contributed by atoms with Gasteiger partial charge in [-0.25, -0.2) is 0 Å². The van der Waals surface area contributed by atoms with Crippen molar-refractivity contribution in [3.05, 3.63) is 29.8 Å². The number of benzene rings is 1. The maximum absolute atomic E-state index is 6.07. The minimum Gasteiger partial charge on any atom is -0.492 e. The van der Waals surface area contributed by atoms with Gasteiger partial charge in [0, 0.05) is 24.2 Å². The summed E-state index contributed by atoms with van der Waals surface area (Å²) in [6.07, 6.45) is 4.95. The highest BCUT2D eigenvalue weighted by Crippen LogP contribution is 2.28. The Morgan fingerprint density at radius 2 is 2.05 bits per heavy atom. The quantitative estimate of drug-likeness (QED) is 0.712. The molecule has 1 aliphatic carbocycles. The molecule has 2 rings (SSSR count). The van der Waals surface area contributed by atoms with Gasteiger partial charge in [-0.05, 0) is 45.3 Å². The summed E-state index contributed by atoms with van der Waals surface area (Å²) in [5, 5.41) is 3.61. The zero-order valence-electron chi connectivity index (χ0n) is 13.8. The maximum Gasteiger partial charge on any atom is 0.124 e. The third-order valence-electron chi connectivity index (χ3n) is 4.22. The number of para-hydroxylation sites is 1. The standard InChI is InChI=1S/C18H30N2O/c1-4-12-19-17(5-2)16-8-6-7-9-18(16)21-14-13-20(3)15-10-11-15/h6-9,15,17,19H,4-5,10-14H2,1-3H3. The fourth-order valence-corrected chi connectivity index (χ4v) is 2.69. The third kappa shape index (κ3) is 5.01. The second kappa shape index (κ2) is 8.40. The number of ether oxygens (including phenoxy) is 1. The predicted octanol–water partition coefficient (Wildman–Crippen LogP) is 3.61. The largest absolute Gasteiger partial charge is 0.492 e. The monoisotopic (exact) mass is 290 g/mol. The fraction of sp³-hybridized carbons (Fsp3) is 0.667. The van der Waals surface area contributed by atoms with Gasteiger partial charge in [-0.1, -0.05) is 32.0 Å². The zero-order chi connectivity index (χ0) is 15.1. The molecule has 0 aliphatic heterocycles. The van der Waals surface area contributed by atoms with E-state index in [1.807, 2.05) is 0 Å². The molecule has 118 valence electrons. The Balaban J connectivity index is 1.91. The number of rotatable bonds is 10. The lowest BCUT2D eigenvalue weighted by molar-refractivity contribution is 0.229. The van der Waals surface area contributed by atoms with Crippen molar-refractivity contribution in [3.63, 3.8) is 0 Å². The Kier molecular flexibility index (Phi) is 6.52. The number of nitrogens with zero attached hydrogens (tertiary/aromatic N) is 1. The molecule has 1 unspecified atom stereocenters. The van der Waals surface area contributed by atoms with Crippen molar-refractivity contribution in [1.29, 1.82) is 0 Å². The summed E-state index contributed by atoms with van der Waals surface area (Å²) in [7, 11) is 2.20. The molecule has 1 aliphatic rings. The van der Waals surface area contributed by atoms with Gasteiger partial charge in [0.1, 0.15) is 12.4 Å². The molecule has 1 N–H and O–H groups in total. The first-order chi connectivity index (χ1) is 10.3. The molecule has 0 aromatic heterocycles. The highest BCUT2D eigenvalue weighted by atomic mass is 16.5. The van der Waals surface area contributed by atoms with Gasteiger partial charge in [0.25, 0.3) is 0 Å². The summed E-state index contributed by atoms with van der Waals surface area (Å²) in [6, 6.07) is 9.66. The van der Waals surface area contributed by atoms with E-state index in [0.29, 0.717) is 6.04 Å². The van der Waals surface area contributed by atoms with Crippen molar-refractivity contribution >= 4 is 0 Å². The van der Waals surface area contributed by atoms with Gasteiger partial charge in [-0.3, -0.25) is 0 Å². The molecule has 1 fully saturated rings. The van der Waals surface area contributed by atoms with Gasteiger partial charge >= 0.3 is 0 Å². The number of likely N-dealkylation sites (N-methyl/N-ethyl adjacent to an activating group) is 1. The van der Waals surface area contributed by atoms with Crippen LogP contribution in [0.15, 0.2) is 24.3 Å². The Morgan fingerprint density at radius 1 is 1.29 bits per heavy atom. The first-order valence-electron chi connectivity index (χ1n) is 8.41. The molecule has 0 saturated heterocycles. The molecular weight excluding hydrogens is 260 g/mol. The Morgan fingerprint density at radius 3 is 2.71 bits per heavy atom. The Hall–Kier alpha value is -1.06. The number of hydrogen-bond acceptors (Lipinski definition) is 3. The molecule has 0 bridgehead atoms. The topological polar surface area (TPSA) is 24.5 Å². The van der Waals surface area contributed by atoms with Crippen LogP contribution in [0, 0.1) is 0 Å². The molecule has 1 aromatic rings. The average Bonchev–Trinajstić information content (AvgIpc) is 3.34. The van der Waals surface area contributed by atoms with Crippen LogP contribution >= 0.6 is 0 Å². The van der Waals surface area contributed by atoms with Crippen LogP contribution in [0.25, 0.3) is 0 Å². The fourth-order valence-electron chi connectivity index (χ4n) is 2.69. The third-order valence-corrected chi connectivity index (χ3v) is 4.22. The van der Waals surface area contributed by atoms with Gasteiger partial charge in [0.15, 0.2) is 0 Å². The predicted molar refractivity (Wildman–Crippen MR) is 88.9 cm³/mol. The molecule has 21 heavy (non-hydrogen) atoms. The minimum atomic E-state index is 0.391. The van der Waals surface area contributed by atoms with Gasteiger partial charge in [0.05, 0.1) is 0 Å². The molecule has 3 nitrogen and oxygen atoms in total. The van der Waals surface area contributed by atoms with Crippen molar-refractivity contribution in [3.8, 4) is 5.75 Å². The van der Waals surface area contributed by atoms with E-state index in [0.717, 1.165) is 44.3 Å². The summed E-state index contributed by atoms with van der Waals surface area (Å²) in [5.74, 6) is 1.04. The van der Waals surface area contributed by atoms with Crippen molar-refractivity contribution in [2.24, 2.45) is 0 Å². The molecule has 1 atom stereocenters. The molecule has 0 radical (unpaired) electrons. The van der Waals surface area contributed by atoms with Crippen molar-refractivity contribution in [1.82, 2.24) is 10.2 Å². The number of nitrogens with one attached hydrogen (secondary N) is 1. The van der Waals surface area contributed by atoms with Crippen LogP contribution in [-0.2, 0) is 0 Å². The second-order valence-electron chi connectivity index (χ2n) is 6.01. The normalized spacial score (nSPS) is 16.2. The summed E-state index contributed by atoms with van der Waals surface area (Å²) < 4.78 is 6.07. The molecule has 0 amide bonds. The van der Waals surface area contributed by atoms with Crippen LogP contribution in [0.5, 0.6) is 5.75 Å². The SMILES string of the molecule is CCCNC(CC)c1ccccc1OCCN(C)C1CC1. The van der Waals surface area contributed by atoms with E-state index in [1.54, 1.807) is 0 Å². The summed E-state index contributed by atoms with van der Waals surface area (Å²) in [5.41, 5.74) is 1.29. The van der Waals surface area contributed by atoms with Crippen LogP contribution in [0.2, 0.25) is 0 Å². The van der Waals surface area contributed by atoms with Crippen LogP contribution in [0.3, 0.4) is 0 Å². The van der Waals surface area contributed by atoms with Gasteiger partial charge < -0.3 is 15.0 Å². The van der Waals surface area contributed by atoms with Crippen molar-refractivity contribution in [2.75, 3.05) is 26.7 Å².